The summed E-state index contributed by atoms with van der Waals surface area (Å²) in [5, 5.41) is 11.2. The Labute approximate surface area is 132 Å². The van der Waals surface area contributed by atoms with Gasteiger partial charge in [0.05, 0.1) is 11.7 Å². The number of aryl methyl sites for hydroxylation is 2. The molecular weight excluding hydrogens is 302 g/mol. The molecule has 1 aromatic heterocycles. The first-order chi connectivity index (χ1) is 10.4. The summed E-state index contributed by atoms with van der Waals surface area (Å²) in [6, 6.07) is 1.43. The van der Waals surface area contributed by atoms with Crippen LogP contribution in [0, 0.1) is 13.8 Å². The zero-order valence-corrected chi connectivity index (χ0v) is 13.2. The minimum atomic E-state index is -1.31. The van der Waals surface area contributed by atoms with Crippen molar-refractivity contribution in [2.45, 2.75) is 31.8 Å². The molecule has 116 valence electrons. The maximum atomic E-state index is 11.9. The molecule has 3 rings (SSSR count). The lowest BCUT2D eigenvalue weighted by atomic mass is 10.0. The van der Waals surface area contributed by atoms with Crippen LogP contribution in [-0.2, 0) is 16.1 Å². The number of hydrogen-bond acceptors (Lipinski definition) is 5. The number of rotatable bonds is 3. The van der Waals surface area contributed by atoms with Gasteiger partial charge in [-0.1, -0.05) is 0 Å². The van der Waals surface area contributed by atoms with Gasteiger partial charge in [-0.15, -0.1) is 11.8 Å². The molecule has 0 aliphatic carbocycles. The molecule has 0 spiro atoms. The highest BCUT2D eigenvalue weighted by Crippen LogP contribution is 2.39. The van der Waals surface area contributed by atoms with Crippen LogP contribution >= 0.6 is 11.8 Å². The van der Waals surface area contributed by atoms with E-state index in [1.807, 2.05) is 36.9 Å². The minimum Gasteiger partial charge on any atom is -0.543 e. The second-order valence-electron chi connectivity index (χ2n) is 5.74. The van der Waals surface area contributed by atoms with Crippen molar-refractivity contribution >= 4 is 23.6 Å². The minimum absolute atomic E-state index is 0.0119. The highest BCUT2D eigenvalue weighted by atomic mass is 32.2. The van der Waals surface area contributed by atoms with Crippen LogP contribution in [0.3, 0.4) is 0 Å². The molecule has 1 fully saturated rings. The maximum absolute atomic E-state index is 11.9. The summed E-state index contributed by atoms with van der Waals surface area (Å²) in [6.07, 6.45) is 3.90. The number of amides is 1. The molecule has 1 aromatic rings. The van der Waals surface area contributed by atoms with E-state index in [9.17, 15) is 14.7 Å². The fraction of sp³-hybridized carbons (Fsp3) is 0.400. The molecule has 0 aromatic carbocycles. The lowest BCUT2D eigenvalue weighted by Crippen LogP contribution is -2.69. The quantitative estimate of drug-likeness (QED) is 0.560. The molecule has 2 unspecified atom stereocenters. The summed E-state index contributed by atoms with van der Waals surface area (Å²) in [5.41, 5.74) is 8.58. The fourth-order valence-electron chi connectivity index (χ4n) is 3.00. The summed E-state index contributed by atoms with van der Waals surface area (Å²) in [6.45, 7) is 4.40. The number of pyridine rings is 1. The maximum Gasteiger partial charge on any atom is 0.248 e. The van der Waals surface area contributed by atoms with Crippen LogP contribution in [0.5, 0.6) is 0 Å². The first-order valence-electron chi connectivity index (χ1n) is 6.99. The largest absolute Gasteiger partial charge is 0.543 e. The Bertz CT molecular complexity index is 681. The van der Waals surface area contributed by atoms with Gasteiger partial charge in [0.15, 0.2) is 18.9 Å². The van der Waals surface area contributed by atoms with E-state index in [2.05, 4.69) is 0 Å². The SMILES string of the molecule is Cc1cc(C)c[n+](CC2=C(C(=O)[O-])N3C(=O)C(N)C3SC2)c1. The number of carbonyl (C=O) groups excluding carboxylic acids is 2. The molecule has 2 aliphatic rings. The van der Waals surface area contributed by atoms with Crippen molar-refractivity contribution in [1.29, 1.82) is 0 Å². The number of aromatic nitrogens is 1. The first kappa shape index (κ1) is 15.1. The van der Waals surface area contributed by atoms with Gasteiger partial charge in [-0.3, -0.25) is 9.69 Å². The van der Waals surface area contributed by atoms with Crippen molar-refractivity contribution in [3.8, 4) is 0 Å². The Kier molecular flexibility index (Phi) is 3.70. The highest BCUT2D eigenvalue weighted by molar-refractivity contribution is 8.00. The molecule has 0 bridgehead atoms. The van der Waals surface area contributed by atoms with E-state index in [4.69, 9.17) is 5.73 Å². The molecule has 6 nitrogen and oxygen atoms in total. The zero-order chi connectivity index (χ0) is 16.0. The summed E-state index contributed by atoms with van der Waals surface area (Å²) in [4.78, 5) is 24.7. The number of hydrogen-bond donors (Lipinski definition) is 1. The van der Waals surface area contributed by atoms with Crippen molar-refractivity contribution in [2.75, 3.05) is 5.75 Å². The average Bonchev–Trinajstić information content (AvgIpc) is 2.44. The van der Waals surface area contributed by atoms with Crippen LogP contribution in [0.15, 0.2) is 29.7 Å². The number of nitrogens with two attached hydrogens (primary N) is 1. The van der Waals surface area contributed by atoms with Gasteiger partial charge < -0.3 is 15.6 Å². The number of nitrogens with zero attached hydrogens (tertiary/aromatic N) is 2. The van der Waals surface area contributed by atoms with Gasteiger partial charge in [-0.25, -0.2) is 4.57 Å². The van der Waals surface area contributed by atoms with Crippen molar-refractivity contribution in [3.63, 3.8) is 0 Å². The van der Waals surface area contributed by atoms with Gasteiger partial charge in [-0.05, 0) is 19.9 Å². The van der Waals surface area contributed by atoms with E-state index in [-0.39, 0.29) is 17.0 Å². The topological polar surface area (TPSA) is 90.3 Å². The van der Waals surface area contributed by atoms with E-state index >= 15 is 0 Å². The monoisotopic (exact) mass is 319 g/mol. The summed E-state index contributed by atoms with van der Waals surface area (Å²) in [7, 11) is 0. The lowest BCUT2D eigenvalue weighted by molar-refractivity contribution is -0.689. The Morgan fingerprint density at radius 1 is 1.45 bits per heavy atom. The third kappa shape index (κ3) is 2.40. The number of β-lactam (4-membered cyclic amide) rings is 1. The van der Waals surface area contributed by atoms with Gasteiger partial charge >= 0.3 is 0 Å². The smallest absolute Gasteiger partial charge is 0.248 e. The van der Waals surface area contributed by atoms with E-state index < -0.39 is 12.0 Å². The van der Waals surface area contributed by atoms with Crippen molar-refractivity contribution in [3.05, 3.63) is 40.9 Å². The van der Waals surface area contributed by atoms with Crippen molar-refractivity contribution < 1.29 is 19.3 Å². The average molecular weight is 319 g/mol. The molecule has 3 heterocycles. The third-order valence-corrected chi connectivity index (χ3v) is 5.21. The van der Waals surface area contributed by atoms with Gasteiger partial charge in [0.2, 0.25) is 5.91 Å². The van der Waals surface area contributed by atoms with Gasteiger partial charge in [0.25, 0.3) is 0 Å². The zero-order valence-electron chi connectivity index (χ0n) is 12.4. The number of fused-ring (bicyclic) bond motifs is 1. The van der Waals surface area contributed by atoms with Crippen LogP contribution in [0.1, 0.15) is 11.1 Å². The predicted molar refractivity (Wildman–Crippen MR) is 79.2 cm³/mol. The van der Waals surface area contributed by atoms with Crippen LogP contribution < -0.4 is 15.4 Å². The van der Waals surface area contributed by atoms with E-state index in [1.165, 1.54) is 16.7 Å². The highest BCUT2D eigenvalue weighted by Gasteiger charge is 2.50. The molecule has 2 N–H and O–H groups in total. The molecule has 1 saturated heterocycles. The standard InChI is InChI=1S/C15H17N3O3S/c1-8-3-9(2)5-17(4-8)6-10-7-22-14-11(16)13(19)18(14)12(10)15(20)21/h3-5,11,14H,6-7,16H2,1-2H3. The molecule has 7 heteroatoms. The van der Waals surface area contributed by atoms with Gasteiger partial charge in [-0.2, -0.15) is 0 Å². The Morgan fingerprint density at radius 2 is 2.09 bits per heavy atom. The van der Waals surface area contributed by atoms with Crippen LogP contribution in [0.25, 0.3) is 0 Å². The first-order valence-corrected chi connectivity index (χ1v) is 8.04. The number of carboxylic acid groups (broad SMARTS) is 1. The van der Waals surface area contributed by atoms with Crippen LogP contribution in [0.4, 0.5) is 0 Å². The molecule has 2 atom stereocenters. The van der Waals surface area contributed by atoms with Crippen LogP contribution in [0.2, 0.25) is 0 Å². The van der Waals surface area contributed by atoms with Gasteiger partial charge in [0.1, 0.15) is 11.4 Å². The number of carboxylic acids is 1. The molecule has 0 radical (unpaired) electrons. The number of aliphatic carboxylic acids is 1. The second kappa shape index (κ2) is 5.40. The normalized spacial score (nSPS) is 24.1. The second-order valence-corrected chi connectivity index (χ2v) is 6.84. The van der Waals surface area contributed by atoms with Crippen molar-refractivity contribution in [1.82, 2.24) is 4.90 Å². The Hall–Kier alpha value is -1.86. The molecule has 2 aliphatic heterocycles. The van der Waals surface area contributed by atoms with Gasteiger partial charge in [0, 0.05) is 22.5 Å². The van der Waals surface area contributed by atoms with E-state index in [0.29, 0.717) is 17.9 Å². The Morgan fingerprint density at radius 3 is 2.68 bits per heavy atom. The molecule has 1 amide bonds. The summed E-state index contributed by atoms with van der Waals surface area (Å²) in [5.74, 6) is -1.13. The fourth-order valence-corrected chi connectivity index (χ4v) is 4.28. The van der Waals surface area contributed by atoms with Crippen molar-refractivity contribution in [2.24, 2.45) is 5.73 Å². The Balaban J connectivity index is 1.96. The molecule has 0 saturated carbocycles. The van der Waals surface area contributed by atoms with E-state index in [0.717, 1.165) is 11.1 Å². The van der Waals surface area contributed by atoms with E-state index in [1.54, 1.807) is 0 Å². The predicted octanol–water partition coefficient (Wildman–Crippen LogP) is -1.16. The number of carbonyl (C=O) groups is 2. The lowest BCUT2D eigenvalue weighted by Gasteiger charge is -2.49. The molecule has 22 heavy (non-hydrogen) atoms. The summed E-state index contributed by atoms with van der Waals surface area (Å²) < 4.78 is 1.94. The third-order valence-electron chi connectivity index (χ3n) is 3.85. The van der Waals surface area contributed by atoms with Crippen LogP contribution in [-0.4, -0.2) is 33.9 Å². The number of thioether (sulfide) groups is 1. The summed E-state index contributed by atoms with van der Waals surface area (Å²) >= 11 is 1.50. The molecular formula is C15H17N3O3S.